The average Bonchev–Trinajstić information content (AvgIpc) is 3.42. The maximum absolute atomic E-state index is 13.3. The van der Waals surface area contributed by atoms with Gasteiger partial charge in [0.15, 0.2) is 0 Å². The van der Waals surface area contributed by atoms with Crippen LogP contribution in [0.2, 0.25) is 5.02 Å². The number of hydrogen-bond acceptors (Lipinski definition) is 6. The Morgan fingerprint density at radius 2 is 1.86 bits per heavy atom. The number of hydrogen-bond donors (Lipinski definition) is 1. The third kappa shape index (κ3) is 4.57. The van der Waals surface area contributed by atoms with Gasteiger partial charge in [-0.25, -0.2) is 17.5 Å². The Balaban J connectivity index is 1.43. The van der Waals surface area contributed by atoms with Gasteiger partial charge in [-0.05, 0) is 55.5 Å². The number of anilines is 1. The Bertz CT molecular complexity index is 1530. The van der Waals surface area contributed by atoms with Crippen LogP contribution < -0.4 is 5.32 Å². The van der Waals surface area contributed by atoms with E-state index in [9.17, 15) is 17.6 Å². The van der Waals surface area contributed by atoms with E-state index in [0.29, 0.717) is 29.5 Å². The summed E-state index contributed by atoms with van der Waals surface area (Å²) in [5.41, 5.74) is 1.71. The van der Waals surface area contributed by atoms with Crippen LogP contribution in [0.4, 0.5) is 10.1 Å². The van der Waals surface area contributed by atoms with E-state index in [1.807, 2.05) is 6.92 Å². The van der Waals surface area contributed by atoms with Crippen LogP contribution in [0.15, 0.2) is 53.4 Å². The van der Waals surface area contributed by atoms with Gasteiger partial charge in [0.05, 0.1) is 34.5 Å². The molecule has 0 radical (unpaired) electrons. The zero-order valence-corrected chi connectivity index (χ0v) is 20.9. The normalized spacial score (nSPS) is 14.9. The molecule has 5 rings (SSSR count). The highest BCUT2D eigenvalue weighted by Crippen LogP contribution is 2.32. The number of carbonyl (C=O) groups is 1. The maximum Gasteiger partial charge on any atom is 0.265 e. The highest BCUT2D eigenvalue weighted by atomic mass is 35.5. The first-order valence-corrected chi connectivity index (χ1v) is 13.3. The fraction of sp³-hybridized carbons (Fsp3) is 0.217. The Morgan fingerprint density at radius 3 is 2.57 bits per heavy atom. The Kier molecular flexibility index (Phi) is 6.36. The minimum Gasteiger partial charge on any atom is -0.379 e. The number of halogens is 2. The number of benzene rings is 2. The van der Waals surface area contributed by atoms with Crippen LogP contribution in [0.1, 0.15) is 15.4 Å². The molecule has 182 valence electrons. The lowest BCUT2D eigenvalue weighted by molar-refractivity contribution is 0.0730. The number of nitrogens with zero attached hydrogens (tertiary/aromatic N) is 3. The predicted molar refractivity (Wildman–Crippen MR) is 133 cm³/mol. The lowest BCUT2D eigenvalue weighted by atomic mass is 10.3. The summed E-state index contributed by atoms with van der Waals surface area (Å²) in [7, 11) is -3.84. The molecule has 1 aliphatic rings. The maximum atomic E-state index is 13.3. The fourth-order valence-corrected chi connectivity index (χ4v) is 6.80. The molecule has 0 aliphatic carbocycles. The van der Waals surface area contributed by atoms with E-state index in [1.54, 1.807) is 28.9 Å². The van der Waals surface area contributed by atoms with Crippen molar-refractivity contribution in [1.82, 2.24) is 14.1 Å². The Hall–Kier alpha value is -2.83. The van der Waals surface area contributed by atoms with E-state index >= 15 is 0 Å². The lowest BCUT2D eigenvalue weighted by Crippen LogP contribution is -2.40. The Labute approximate surface area is 209 Å². The van der Waals surface area contributed by atoms with Crippen molar-refractivity contribution in [3.8, 4) is 5.69 Å². The summed E-state index contributed by atoms with van der Waals surface area (Å²) in [5, 5.41) is 8.15. The van der Waals surface area contributed by atoms with Crippen molar-refractivity contribution >= 4 is 54.8 Å². The van der Waals surface area contributed by atoms with Gasteiger partial charge in [-0.15, -0.1) is 11.3 Å². The summed E-state index contributed by atoms with van der Waals surface area (Å²) in [6, 6.07) is 12.0. The summed E-state index contributed by atoms with van der Waals surface area (Å²) in [6.07, 6.45) is 0. The zero-order chi connectivity index (χ0) is 24.7. The Morgan fingerprint density at radius 1 is 1.14 bits per heavy atom. The van der Waals surface area contributed by atoms with E-state index in [-0.39, 0.29) is 28.8 Å². The SMILES string of the molecule is Cc1nn(-c2ccc(F)cc2)c2sc(C(=O)Nc3ccc(Cl)c(S(=O)(=O)N4CCOCC4)c3)cc12. The average molecular weight is 535 g/mol. The molecule has 3 heterocycles. The molecular formula is C23H20ClFN4O4S2. The van der Waals surface area contributed by atoms with Crippen LogP contribution in [0.5, 0.6) is 0 Å². The molecule has 0 atom stereocenters. The minimum absolute atomic E-state index is 0.0713. The second-order valence-electron chi connectivity index (χ2n) is 7.92. The quantitative estimate of drug-likeness (QED) is 0.408. The van der Waals surface area contributed by atoms with Crippen molar-refractivity contribution in [1.29, 1.82) is 0 Å². The molecule has 0 bridgehead atoms. The topological polar surface area (TPSA) is 93.5 Å². The number of amides is 1. The summed E-state index contributed by atoms with van der Waals surface area (Å²) in [4.78, 5) is 14.1. The first-order chi connectivity index (χ1) is 16.7. The number of carbonyl (C=O) groups excluding carboxylic acids is 1. The number of sulfonamides is 1. The lowest BCUT2D eigenvalue weighted by Gasteiger charge is -2.26. The minimum atomic E-state index is -3.84. The zero-order valence-electron chi connectivity index (χ0n) is 18.5. The van der Waals surface area contributed by atoms with Gasteiger partial charge in [0.25, 0.3) is 5.91 Å². The van der Waals surface area contributed by atoms with Crippen LogP contribution in [0.3, 0.4) is 0 Å². The van der Waals surface area contributed by atoms with Crippen LogP contribution >= 0.6 is 22.9 Å². The monoisotopic (exact) mass is 534 g/mol. The summed E-state index contributed by atoms with van der Waals surface area (Å²) in [6.45, 7) is 2.93. The largest absolute Gasteiger partial charge is 0.379 e. The standard InChI is InChI=1S/C23H20ClFN4O4S2/c1-14-18-13-20(34-23(18)29(27-14)17-5-2-15(25)3-6-17)22(30)26-16-4-7-19(24)21(12-16)35(31,32)28-8-10-33-11-9-28/h2-7,12-13H,8-11H2,1H3,(H,26,30). The highest BCUT2D eigenvalue weighted by Gasteiger charge is 2.29. The molecule has 4 aromatic rings. The van der Waals surface area contributed by atoms with Crippen LogP contribution in [-0.2, 0) is 14.8 Å². The van der Waals surface area contributed by atoms with E-state index in [1.165, 1.54) is 39.9 Å². The van der Waals surface area contributed by atoms with Crippen molar-refractivity contribution in [3.05, 3.63) is 69.9 Å². The van der Waals surface area contributed by atoms with Crippen LogP contribution in [0.25, 0.3) is 15.9 Å². The number of fused-ring (bicyclic) bond motifs is 1. The van der Waals surface area contributed by atoms with E-state index in [2.05, 4.69) is 10.4 Å². The molecule has 12 heteroatoms. The van der Waals surface area contributed by atoms with Gasteiger partial charge >= 0.3 is 0 Å². The molecule has 8 nitrogen and oxygen atoms in total. The third-order valence-corrected chi connectivity index (χ3v) is 9.11. The molecule has 0 unspecified atom stereocenters. The highest BCUT2D eigenvalue weighted by molar-refractivity contribution is 7.89. The van der Waals surface area contributed by atoms with Gasteiger partial charge in [0.2, 0.25) is 10.0 Å². The summed E-state index contributed by atoms with van der Waals surface area (Å²) < 4.78 is 47.7. The molecule has 1 N–H and O–H groups in total. The first kappa shape index (κ1) is 23.9. The number of thiophene rings is 1. The van der Waals surface area contributed by atoms with Crippen molar-refractivity contribution in [2.24, 2.45) is 0 Å². The van der Waals surface area contributed by atoms with Gasteiger partial charge in [-0.3, -0.25) is 4.79 Å². The summed E-state index contributed by atoms with van der Waals surface area (Å²) in [5.74, 6) is -0.744. The van der Waals surface area contributed by atoms with Gasteiger partial charge in [0.1, 0.15) is 15.5 Å². The molecule has 0 saturated carbocycles. The predicted octanol–water partition coefficient (Wildman–Crippen LogP) is 4.46. The molecule has 1 fully saturated rings. The van der Waals surface area contributed by atoms with E-state index in [4.69, 9.17) is 16.3 Å². The number of rotatable bonds is 5. The summed E-state index contributed by atoms with van der Waals surface area (Å²) >= 11 is 7.45. The fourth-order valence-electron chi connectivity index (χ4n) is 3.81. The van der Waals surface area contributed by atoms with Crippen molar-refractivity contribution in [2.75, 3.05) is 31.6 Å². The number of aromatic nitrogens is 2. The van der Waals surface area contributed by atoms with Crippen molar-refractivity contribution in [2.45, 2.75) is 11.8 Å². The number of nitrogens with one attached hydrogen (secondary N) is 1. The molecule has 2 aromatic carbocycles. The number of morpholine rings is 1. The molecule has 0 spiro atoms. The van der Waals surface area contributed by atoms with E-state index in [0.717, 1.165) is 15.9 Å². The second-order valence-corrected chi connectivity index (χ2v) is 11.3. The van der Waals surface area contributed by atoms with E-state index < -0.39 is 15.9 Å². The van der Waals surface area contributed by atoms with Gasteiger partial charge < -0.3 is 10.1 Å². The van der Waals surface area contributed by atoms with Gasteiger partial charge in [0, 0.05) is 24.2 Å². The molecule has 2 aromatic heterocycles. The third-order valence-electron chi connectivity index (χ3n) is 5.62. The molecule has 1 aliphatic heterocycles. The van der Waals surface area contributed by atoms with Crippen LogP contribution in [0, 0.1) is 12.7 Å². The number of aryl methyl sites for hydroxylation is 1. The first-order valence-electron chi connectivity index (χ1n) is 10.7. The van der Waals surface area contributed by atoms with Gasteiger partial charge in [-0.1, -0.05) is 11.6 Å². The molecule has 35 heavy (non-hydrogen) atoms. The van der Waals surface area contributed by atoms with Crippen molar-refractivity contribution in [3.63, 3.8) is 0 Å². The second kappa shape index (κ2) is 9.32. The molecule has 1 amide bonds. The van der Waals surface area contributed by atoms with Gasteiger partial charge in [-0.2, -0.15) is 9.40 Å². The molecular weight excluding hydrogens is 515 g/mol. The molecule has 1 saturated heterocycles. The number of ether oxygens (including phenoxy) is 1. The smallest absolute Gasteiger partial charge is 0.265 e. The van der Waals surface area contributed by atoms with Crippen molar-refractivity contribution < 1.29 is 22.3 Å². The van der Waals surface area contributed by atoms with Crippen LogP contribution in [-0.4, -0.2) is 54.7 Å².